The number of amides is 2. The van der Waals surface area contributed by atoms with E-state index in [1.54, 1.807) is 29.4 Å². The van der Waals surface area contributed by atoms with E-state index in [1.165, 1.54) is 11.8 Å². The Hall–Kier alpha value is -2.26. The monoisotopic (exact) mass is 439 g/mol. The maximum absolute atomic E-state index is 12.2. The number of hydrogen-bond acceptors (Lipinski definition) is 6. The van der Waals surface area contributed by atoms with Gasteiger partial charge < -0.3 is 19.5 Å². The first-order valence-electron chi connectivity index (χ1n) is 9.37. The molecule has 2 rings (SSSR count). The summed E-state index contributed by atoms with van der Waals surface area (Å²) in [4.78, 5) is 25.9. The van der Waals surface area contributed by atoms with Crippen LogP contribution in [-0.4, -0.2) is 56.9 Å². The van der Waals surface area contributed by atoms with E-state index in [1.807, 2.05) is 32.3 Å². The molecule has 0 atom stereocenters. The van der Waals surface area contributed by atoms with Gasteiger partial charge in [0, 0.05) is 24.8 Å². The molecule has 1 heterocycles. The predicted molar refractivity (Wildman–Crippen MR) is 115 cm³/mol. The first kappa shape index (κ1) is 23.0. The van der Waals surface area contributed by atoms with Gasteiger partial charge in [0.25, 0.3) is 5.91 Å². The molecule has 0 aliphatic rings. The lowest BCUT2D eigenvalue weighted by molar-refractivity contribution is -0.133. The maximum atomic E-state index is 12.2. The highest BCUT2D eigenvalue weighted by Crippen LogP contribution is 2.28. The van der Waals surface area contributed by atoms with Crippen LogP contribution in [0.1, 0.15) is 33.7 Å². The molecule has 0 aliphatic carbocycles. The van der Waals surface area contributed by atoms with E-state index >= 15 is 0 Å². The van der Waals surface area contributed by atoms with Gasteiger partial charge in [-0.25, -0.2) is 0 Å². The summed E-state index contributed by atoms with van der Waals surface area (Å²) in [5.41, 5.74) is 0.549. The average Bonchev–Trinajstić information content (AvgIpc) is 3.15. The fraction of sp³-hybridized carbons (Fsp3) is 0.474. The Morgan fingerprint density at radius 3 is 2.66 bits per heavy atom. The molecule has 0 radical (unpaired) electrons. The number of ether oxygens (including phenoxy) is 1. The molecule has 1 N–H and O–H groups in total. The molecule has 1 aromatic carbocycles. The van der Waals surface area contributed by atoms with E-state index in [2.05, 4.69) is 15.5 Å². The number of carbonyl (C=O) groups is 2. The van der Waals surface area contributed by atoms with E-state index < -0.39 is 0 Å². The van der Waals surface area contributed by atoms with Crippen molar-refractivity contribution in [3.63, 3.8) is 0 Å². The van der Waals surface area contributed by atoms with Crippen molar-refractivity contribution in [3.05, 3.63) is 29.5 Å². The van der Waals surface area contributed by atoms with Gasteiger partial charge in [-0.2, -0.15) is 0 Å². The van der Waals surface area contributed by atoms with Crippen LogP contribution in [-0.2, 0) is 9.59 Å². The highest BCUT2D eigenvalue weighted by molar-refractivity contribution is 7.99. The van der Waals surface area contributed by atoms with Crippen LogP contribution in [0.25, 0.3) is 0 Å². The second kappa shape index (κ2) is 11.1. The van der Waals surface area contributed by atoms with Crippen LogP contribution < -0.4 is 10.1 Å². The topological polar surface area (TPSA) is 89.3 Å². The lowest BCUT2D eigenvalue weighted by Gasteiger charge is -2.19. The highest BCUT2D eigenvalue weighted by Gasteiger charge is 2.13. The van der Waals surface area contributed by atoms with E-state index in [4.69, 9.17) is 16.3 Å². The van der Waals surface area contributed by atoms with Crippen molar-refractivity contribution in [2.24, 2.45) is 0 Å². The van der Waals surface area contributed by atoms with Crippen molar-refractivity contribution < 1.29 is 14.3 Å². The smallest absolute Gasteiger partial charge is 0.260 e. The van der Waals surface area contributed by atoms with Gasteiger partial charge in [-0.05, 0) is 45.9 Å². The molecular weight excluding hydrogens is 414 g/mol. The van der Waals surface area contributed by atoms with Crippen molar-refractivity contribution in [2.45, 2.75) is 38.9 Å². The molecule has 0 aliphatic heterocycles. The third-order valence-electron chi connectivity index (χ3n) is 4.11. The van der Waals surface area contributed by atoms with Gasteiger partial charge in [0.05, 0.1) is 10.8 Å². The van der Waals surface area contributed by atoms with Gasteiger partial charge in [-0.1, -0.05) is 23.4 Å². The summed E-state index contributed by atoms with van der Waals surface area (Å²) in [6.07, 6.45) is 1.65. The molecular formula is C19H26ClN5O3S. The van der Waals surface area contributed by atoms with Crippen LogP contribution >= 0.6 is 23.4 Å². The van der Waals surface area contributed by atoms with Gasteiger partial charge in [-0.3, -0.25) is 9.59 Å². The predicted octanol–water partition coefficient (Wildman–Crippen LogP) is 3.49. The maximum Gasteiger partial charge on any atom is 0.260 e. The molecule has 0 saturated heterocycles. The Labute approximate surface area is 180 Å². The summed E-state index contributed by atoms with van der Waals surface area (Å²) in [7, 11) is 0. The van der Waals surface area contributed by atoms with E-state index in [9.17, 15) is 9.59 Å². The van der Waals surface area contributed by atoms with Crippen molar-refractivity contribution in [3.8, 4) is 5.75 Å². The Morgan fingerprint density at radius 1 is 1.31 bits per heavy atom. The molecule has 2 amide bonds. The quantitative estimate of drug-likeness (QED) is 0.570. The van der Waals surface area contributed by atoms with Gasteiger partial charge >= 0.3 is 0 Å². The minimum absolute atomic E-state index is 0.0831. The van der Waals surface area contributed by atoms with Crippen LogP contribution in [0.5, 0.6) is 5.75 Å². The molecule has 0 bridgehead atoms. The average molecular weight is 440 g/mol. The summed E-state index contributed by atoms with van der Waals surface area (Å²) in [5, 5.41) is 11.7. The summed E-state index contributed by atoms with van der Waals surface area (Å²) in [6, 6.07) is 5.13. The zero-order valence-electron chi connectivity index (χ0n) is 17.0. The van der Waals surface area contributed by atoms with Crippen molar-refractivity contribution >= 4 is 40.9 Å². The van der Waals surface area contributed by atoms with E-state index in [-0.39, 0.29) is 30.2 Å². The molecule has 1 aromatic heterocycles. The Morgan fingerprint density at radius 2 is 2.03 bits per heavy atom. The lowest BCUT2D eigenvalue weighted by atomic mass is 10.3. The number of likely N-dealkylation sites (N-methyl/N-ethyl adjacent to an activating group) is 1. The number of aromatic nitrogens is 3. The summed E-state index contributed by atoms with van der Waals surface area (Å²) < 4.78 is 7.42. The SMILES string of the molecule is CCN(CC)C(=O)COc1ccc(NC(=O)CSc2nncn2C(C)C)cc1Cl. The molecule has 0 fully saturated rings. The Bertz CT molecular complexity index is 839. The van der Waals surface area contributed by atoms with Gasteiger partial charge in [0.15, 0.2) is 11.8 Å². The standard InChI is InChI=1S/C19H26ClN5O3S/c1-5-24(6-2)18(27)10-28-16-8-7-14(9-15(16)20)22-17(26)11-29-19-23-21-12-25(19)13(3)4/h7-9,12-13H,5-6,10-11H2,1-4H3,(H,22,26). The third-order valence-corrected chi connectivity index (χ3v) is 5.36. The van der Waals surface area contributed by atoms with Crippen molar-refractivity contribution in [1.29, 1.82) is 0 Å². The van der Waals surface area contributed by atoms with Gasteiger partial charge in [0.2, 0.25) is 5.91 Å². The number of hydrogen-bond donors (Lipinski definition) is 1. The number of anilines is 1. The molecule has 0 unspecified atom stereocenters. The van der Waals surface area contributed by atoms with Crippen molar-refractivity contribution in [2.75, 3.05) is 30.8 Å². The number of halogens is 1. The van der Waals surface area contributed by atoms with Gasteiger partial charge in [-0.15, -0.1) is 10.2 Å². The van der Waals surface area contributed by atoms with Crippen LogP contribution in [0.4, 0.5) is 5.69 Å². The first-order valence-corrected chi connectivity index (χ1v) is 10.7. The number of nitrogens with one attached hydrogen (secondary N) is 1. The zero-order chi connectivity index (χ0) is 21.4. The van der Waals surface area contributed by atoms with Crippen LogP contribution in [0.15, 0.2) is 29.7 Å². The Balaban J connectivity index is 1.88. The summed E-state index contributed by atoms with van der Waals surface area (Å²) in [6.45, 7) is 9.04. The summed E-state index contributed by atoms with van der Waals surface area (Å²) in [5.74, 6) is 0.300. The molecule has 10 heteroatoms. The third kappa shape index (κ3) is 6.64. The zero-order valence-corrected chi connectivity index (χ0v) is 18.6. The first-order chi connectivity index (χ1) is 13.8. The molecule has 0 spiro atoms. The molecule has 158 valence electrons. The largest absolute Gasteiger partial charge is 0.482 e. The normalized spacial score (nSPS) is 10.8. The minimum atomic E-state index is -0.185. The number of thioether (sulfide) groups is 1. The van der Waals surface area contributed by atoms with Crippen molar-refractivity contribution in [1.82, 2.24) is 19.7 Å². The van der Waals surface area contributed by atoms with Gasteiger partial charge in [0.1, 0.15) is 12.1 Å². The number of rotatable bonds is 10. The lowest BCUT2D eigenvalue weighted by Crippen LogP contribution is -2.34. The number of carbonyl (C=O) groups excluding carboxylic acids is 2. The molecule has 8 nitrogen and oxygen atoms in total. The summed E-state index contributed by atoms with van der Waals surface area (Å²) >= 11 is 7.54. The number of benzene rings is 1. The van der Waals surface area contributed by atoms with Crippen LogP contribution in [0.2, 0.25) is 5.02 Å². The van der Waals surface area contributed by atoms with Crippen LogP contribution in [0.3, 0.4) is 0 Å². The van der Waals surface area contributed by atoms with E-state index in [0.29, 0.717) is 34.7 Å². The van der Waals surface area contributed by atoms with Crippen LogP contribution in [0, 0.1) is 0 Å². The van der Waals surface area contributed by atoms with E-state index in [0.717, 1.165) is 0 Å². The molecule has 29 heavy (non-hydrogen) atoms. The minimum Gasteiger partial charge on any atom is -0.482 e. The molecule has 0 saturated carbocycles. The second-order valence-corrected chi connectivity index (χ2v) is 7.80. The second-order valence-electron chi connectivity index (χ2n) is 6.45. The molecule has 2 aromatic rings. The fourth-order valence-corrected chi connectivity index (χ4v) is 3.60. The highest BCUT2D eigenvalue weighted by atomic mass is 35.5. The number of nitrogens with zero attached hydrogens (tertiary/aromatic N) is 4. The fourth-order valence-electron chi connectivity index (χ4n) is 2.52. The Kier molecular flexibility index (Phi) is 8.78.